The number of halogens is 1. The molecule has 0 atom stereocenters. The van der Waals surface area contributed by atoms with Crippen molar-refractivity contribution in [1.82, 2.24) is 24.7 Å². The fourth-order valence-corrected chi connectivity index (χ4v) is 4.05. The highest BCUT2D eigenvalue weighted by atomic mass is 79.9. The Morgan fingerprint density at radius 3 is 2.65 bits per heavy atom. The molecule has 7 nitrogen and oxygen atoms in total. The van der Waals surface area contributed by atoms with Crippen molar-refractivity contribution in [1.29, 1.82) is 0 Å². The third-order valence-corrected chi connectivity index (χ3v) is 5.97. The smallest absolute Gasteiger partial charge is 0.202 e. The Morgan fingerprint density at radius 2 is 1.82 bits per heavy atom. The van der Waals surface area contributed by atoms with Crippen molar-refractivity contribution in [2.24, 2.45) is 0 Å². The minimum absolute atomic E-state index is 0.00610. The number of imidazole rings is 1. The second-order valence-corrected chi connectivity index (χ2v) is 9.01. The Balaban J connectivity index is 1.30. The van der Waals surface area contributed by atoms with Crippen LogP contribution in [0.5, 0.6) is 0 Å². The van der Waals surface area contributed by atoms with Crippen molar-refractivity contribution in [3.63, 3.8) is 0 Å². The van der Waals surface area contributed by atoms with Gasteiger partial charge in [0.2, 0.25) is 5.78 Å². The summed E-state index contributed by atoms with van der Waals surface area (Å²) in [5.41, 5.74) is 5.44. The molecule has 0 fully saturated rings. The lowest BCUT2D eigenvalue weighted by atomic mass is 10.0. The first-order chi connectivity index (χ1) is 16.4. The first-order valence-corrected chi connectivity index (χ1v) is 11.5. The molecular weight excluding hydrogens is 494 g/mol. The molecule has 0 saturated heterocycles. The Morgan fingerprint density at radius 1 is 0.971 bits per heavy atom. The number of carbonyl (C=O) groups excluding carboxylic acids is 2. The van der Waals surface area contributed by atoms with Crippen molar-refractivity contribution in [2.45, 2.75) is 19.8 Å². The van der Waals surface area contributed by atoms with E-state index in [0.29, 0.717) is 11.4 Å². The van der Waals surface area contributed by atoms with E-state index in [0.717, 1.165) is 38.0 Å². The molecule has 3 heterocycles. The van der Waals surface area contributed by atoms with E-state index in [-0.39, 0.29) is 24.4 Å². The molecule has 0 aliphatic carbocycles. The van der Waals surface area contributed by atoms with Crippen LogP contribution in [-0.2, 0) is 12.8 Å². The molecule has 0 amide bonds. The second-order valence-electron chi connectivity index (χ2n) is 8.10. The van der Waals surface area contributed by atoms with Crippen molar-refractivity contribution >= 4 is 38.5 Å². The van der Waals surface area contributed by atoms with E-state index in [1.807, 2.05) is 49.4 Å². The van der Waals surface area contributed by atoms with Gasteiger partial charge in [0.25, 0.3) is 0 Å². The summed E-state index contributed by atoms with van der Waals surface area (Å²) in [7, 11) is 0. The molecule has 0 aliphatic rings. The first kappa shape index (κ1) is 21.9. The van der Waals surface area contributed by atoms with E-state index in [9.17, 15) is 9.59 Å². The molecule has 0 radical (unpaired) electrons. The summed E-state index contributed by atoms with van der Waals surface area (Å²) < 4.78 is 2.59. The molecule has 5 aromatic rings. The molecule has 0 saturated carbocycles. The second kappa shape index (κ2) is 9.15. The van der Waals surface area contributed by atoms with Crippen molar-refractivity contribution < 1.29 is 9.59 Å². The van der Waals surface area contributed by atoms with Gasteiger partial charge in [0.1, 0.15) is 0 Å². The number of H-pyrrole nitrogens is 1. The number of nitrogens with one attached hydrogen (secondary N) is 1. The van der Waals surface area contributed by atoms with Crippen LogP contribution in [-0.4, -0.2) is 36.3 Å². The Labute approximate surface area is 204 Å². The van der Waals surface area contributed by atoms with Crippen LogP contribution in [0.3, 0.4) is 0 Å². The molecule has 34 heavy (non-hydrogen) atoms. The highest BCUT2D eigenvalue weighted by Crippen LogP contribution is 2.19. The van der Waals surface area contributed by atoms with Gasteiger partial charge in [0, 0.05) is 41.0 Å². The molecule has 168 valence electrons. The number of fused-ring (bicyclic) bond motifs is 1. The number of rotatable bonds is 7. The van der Waals surface area contributed by atoms with Gasteiger partial charge in [-0.1, -0.05) is 34.1 Å². The zero-order chi connectivity index (χ0) is 23.7. The molecule has 1 N–H and O–H groups in total. The summed E-state index contributed by atoms with van der Waals surface area (Å²) >= 11 is 3.42. The first-order valence-electron chi connectivity index (χ1n) is 10.7. The number of carbonyl (C=O) groups is 2. The number of hydrogen-bond acceptors (Lipinski definition) is 5. The number of Topliss-reactive ketones (excluding diaryl/α,β-unsaturated/α-hetero) is 2. The van der Waals surface area contributed by atoms with Crippen LogP contribution in [0.1, 0.15) is 37.8 Å². The largest absolute Gasteiger partial charge is 0.335 e. The van der Waals surface area contributed by atoms with Crippen LogP contribution in [0, 0.1) is 6.92 Å². The van der Waals surface area contributed by atoms with E-state index in [2.05, 4.69) is 36.0 Å². The predicted molar refractivity (Wildman–Crippen MR) is 132 cm³/mol. The van der Waals surface area contributed by atoms with E-state index >= 15 is 0 Å². The van der Waals surface area contributed by atoms with E-state index in [1.54, 1.807) is 35.4 Å². The summed E-state index contributed by atoms with van der Waals surface area (Å²) in [6.07, 6.45) is 5.63. The number of ketones is 2. The molecule has 0 bridgehead atoms. The highest BCUT2D eigenvalue weighted by molar-refractivity contribution is 9.10. The topological polar surface area (TPSA) is 93.5 Å². The molecule has 8 heteroatoms. The van der Waals surface area contributed by atoms with Gasteiger partial charge in [0.05, 0.1) is 22.9 Å². The summed E-state index contributed by atoms with van der Waals surface area (Å²) in [6.45, 7) is 1.91. The quantitative estimate of drug-likeness (QED) is 0.307. The fourth-order valence-electron chi connectivity index (χ4n) is 3.69. The lowest BCUT2D eigenvalue weighted by Gasteiger charge is -2.05. The number of pyridine rings is 1. The number of hydrogen-bond donors (Lipinski definition) is 1. The third-order valence-electron chi connectivity index (χ3n) is 5.48. The van der Waals surface area contributed by atoms with Gasteiger partial charge in [-0.3, -0.25) is 14.6 Å². The summed E-state index contributed by atoms with van der Waals surface area (Å²) in [4.78, 5) is 37.3. The fraction of sp³-hybridized carbons (Fsp3) is 0.115. The van der Waals surface area contributed by atoms with Crippen molar-refractivity contribution in [3.05, 3.63) is 106 Å². The lowest BCUT2D eigenvalue weighted by Crippen LogP contribution is -2.06. The Hall–Kier alpha value is -3.91. The van der Waals surface area contributed by atoms with Crippen LogP contribution in [0.4, 0.5) is 0 Å². The maximum absolute atomic E-state index is 12.8. The van der Waals surface area contributed by atoms with Crippen molar-refractivity contribution in [3.8, 4) is 5.69 Å². The summed E-state index contributed by atoms with van der Waals surface area (Å²) in [6, 6.07) is 16.8. The molecule has 0 spiro atoms. The summed E-state index contributed by atoms with van der Waals surface area (Å²) in [5.74, 6) is 0.202. The molecule has 5 rings (SSSR count). The summed E-state index contributed by atoms with van der Waals surface area (Å²) in [5, 5.41) is 4.39. The third kappa shape index (κ3) is 4.72. The Bertz CT molecular complexity index is 1520. The predicted octanol–water partition coefficient (Wildman–Crippen LogP) is 5.07. The number of aromatic amines is 1. The number of nitrogens with zero attached hydrogens (tertiary/aromatic N) is 4. The van der Waals surface area contributed by atoms with Crippen LogP contribution < -0.4 is 0 Å². The van der Waals surface area contributed by atoms with E-state index in [1.165, 1.54) is 0 Å². The van der Waals surface area contributed by atoms with Gasteiger partial charge in [0.15, 0.2) is 11.6 Å². The number of benzene rings is 2. The minimum Gasteiger partial charge on any atom is -0.335 e. The van der Waals surface area contributed by atoms with Gasteiger partial charge >= 0.3 is 0 Å². The highest BCUT2D eigenvalue weighted by Gasteiger charge is 2.15. The molecule has 2 aromatic carbocycles. The average molecular weight is 514 g/mol. The van der Waals surface area contributed by atoms with E-state index < -0.39 is 0 Å². The molecule has 0 unspecified atom stereocenters. The molecule has 0 aliphatic heterocycles. The van der Waals surface area contributed by atoms with Crippen LogP contribution in [0.2, 0.25) is 0 Å². The average Bonchev–Trinajstić information content (AvgIpc) is 3.47. The van der Waals surface area contributed by atoms with Gasteiger partial charge in [-0.05, 0) is 54.4 Å². The monoisotopic (exact) mass is 513 g/mol. The number of aromatic nitrogens is 5. The normalized spacial score (nSPS) is 11.1. The lowest BCUT2D eigenvalue weighted by molar-refractivity contribution is 0.0979. The standard InChI is InChI=1S/C26H20BrN5O2/c1-16-5-6-17(13-28-16)9-24(33)19-3-2-4-21(11-19)32-15-18(14-29-32)10-25(34)26-30-22-8-7-20(27)12-23(22)31-26/h2-8,11-15H,9-10H2,1H3,(H,30,31). The van der Waals surface area contributed by atoms with Crippen LogP contribution >= 0.6 is 15.9 Å². The van der Waals surface area contributed by atoms with Gasteiger partial charge in [-0.15, -0.1) is 0 Å². The van der Waals surface area contributed by atoms with Crippen molar-refractivity contribution in [2.75, 3.05) is 0 Å². The zero-order valence-electron chi connectivity index (χ0n) is 18.3. The molecule has 3 aromatic heterocycles. The SMILES string of the molecule is Cc1ccc(CC(=O)c2cccc(-n3cc(CC(=O)c4nc5ccc(Br)cc5[nH]4)cn3)c2)cn1. The minimum atomic E-state index is -0.123. The Kier molecular flexibility index (Phi) is 5.90. The molecular formula is C26H20BrN5O2. The van der Waals surface area contributed by atoms with Gasteiger partial charge in [-0.2, -0.15) is 5.10 Å². The maximum atomic E-state index is 12.8. The van der Waals surface area contributed by atoms with Crippen LogP contribution in [0.25, 0.3) is 16.7 Å². The van der Waals surface area contributed by atoms with E-state index in [4.69, 9.17) is 0 Å². The number of aryl methyl sites for hydroxylation is 1. The zero-order valence-corrected chi connectivity index (χ0v) is 19.9. The van der Waals surface area contributed by atoms with Crippen LogP contribution in [0.15, 0.2) is 77.7 Å². The van der Waals surface area contributed by atoms with Gasteiger partial charge in [-0.25, -0.2) is 9.67 Å². The van der Waals surface area contributed by atoms with Gasteiger partial charge < -0.3 is 4.98 Å². The maximum Gasteiger partial charge on any atom is 0.202 e.